The fraction of sp³-hybridized carbons (Fsp3) is 0.250. The maximum atomic E-state index is 5.72. The van der Waals surface area contributed by atoms with Crippen molar-refractivity contribution in [2.75, 3.05) is 19.4 Å². The third-order valence-electron chi connectivity index (χ3n) is 3.08. The fourth-order valence-corrected chi connectivity index (χ4v) is 2.14. The summed E-state index contributed by atoms with van der Waals surface area (Å²) in [7, 11) is 1.96. The van der Waals surface area contributed by atoms with Crippen molar-refractivity contribution in [1.29, 1.82) is 0 Å². The molecular weight excluding hydrogens is 236 g/mol. The lowest BCUT2D eigenvalue weighted by Crippen LogP contribution is -2.17. The second kappa shape index (κ2) is 6.25. The van der Waals surface area contributed by atoms with Gasteiger partial charge in [-0.1, -0.05) is 24.3 Å². The first kappa shape index (κ1) is 13.4. The standard InChI is InChI=1S/C16H20N2O/c1-3-19-15-10-6-13(7-11-15)16(18-2)12-4-8-14(17)9-5-12/h4-11,16,18H,3,17H2,1-2H3. The summed E-state index contributed by atoms with van der Waals surface area (Å²) in [5.74, 6) is 0.901. The van der Waals surface area contributed by atoms with Gasteiger partial charge in [0.05, 0.1) is 12.6 Å². The summed E-state index contributed by atoms with van der Waals surface area (Å²) in [6.07, 6.45) is 0. The predicted molar refractivity (Wildman–Crippen MR) is 79.4 cm³/mol. The number of hydrogen-bond acceptors (Lipinski definition) is 3. The molecule has 0 aliphatic heterocycles. The molecule has 1 atom stereocenters. The van der Waals surface area contributed by atoms with E-state index in [1.165, 1.54) is 11.1 Å². The van der Waals surface area contributed by atoms with Crippen LogP contribution in [0.3, 0.4) is 0 Å². The van der Waals surface area contributed by atoms with Gasteiger partial charge in [-0.05, 0) is 49.4 Å². The molecule has 3 N–H and O–H groups in total. The molecule has 2 aromatic rings. The Balaban J connectivity index is 2.23. The molecule has 100 valence electrons. The molecule has 0 heterocycles. The molecule has 1 unspecified atom stereocenters. The molecule has 0 saturated heterocycles. The SMILES string of the molecule is CCOc1ccc(C(NC)c2ccc(N)cc2)cc1. The molecule has 3 nitrogen and oxygen atoms in total. The van der Waals surface area contributed by atoms with Gasteiger partial charge in [-0.25, -0.2) is 0 Å². The molecule has 19 heavy (non-hydrogen) atoms. The quantitative estimate of drug-likeness (QED) is 0.808. The minimum atomic E-state index is 0.163. The van der Waals surface area contributed by atoms with Crippen LogP contribution in [-0.4, -0.2) is 13.7 Å². The second-order valence-electron chi connectivity index (χ2n) is 4.39. The maximum absolute atomic E-state index is 5.72. The van der Waals surface area contributed by atoms with Gasteiger partial charge < -0.3 is 15.8 Å². The van der Waals surface area contributed by atoms with E-state index in [-0.39, 0.29) is 6.04 Å². The number of benzene rings is 2. The summed E-state index contributed by atoms with van der Waals surface area (Å²) in [6, 6.07) is 16.3. The van der Waals surface area contributed by atoms with Crippen LogP contribution in [0.2, 0.25) is 0 Å². The third-order valence-corrected chi connectivity index (χ3v) is 3.08. The summed E-state index contributed by atoms with van der Waals surface area (Å²) in [5, 5.41) is 3.32. The Hall–Kier alpha value is -2.00. The molecule has 0 bridgehead atoms. The Bertz CT molecular complexity index is 505. The van der Waals surface area contributed by atoms with Crippen molar-refractivity contribution in [1.82, 2.24) is 5.32 Å². The van der Waals surface area contributed by atoms with Crippen LogP contribution in [0, 0.1) is 0 Å². The van der Waals surface area contributed by atoms with E-state index in [0.717, 1.165) is 11.4 Å². The number of anilines is 1. The molecule has 0 saturated carbocycles. The van der Waals surface area contributed by atoms with E-state index in [9.17, 15) is 0 Å². The molecule has 2 aromatic carbocycles. The summed E-state index contributed by atoms with van der Waals surface area (Å²) in [4.78, 5) is 0. The van der Waals surface area contributed by atoms with E-state index in [1.54, 1.807) is 0 Å². The van der Waals surface area contributed by atoms with Crippen LogP contribution in [0.1, 0.15) is 24.1 Å². The predicted octanol–water partition coefficient (Wildman–Crippen LogP) is 2.98. The van der Waals surface area contributed by atoms with Crippen LogP contribution >= 0.6 is 0 Å². The molecule has 0 aliphatic carbocycles. The van der Waals surface area contributed by atoms with Crippen molar-refractivity contribution in [3.63, 3.8) is 0 Å². The Kier molecular flexibility index (Phi) is 4.42. The van der Waals surface area contributed by atoms with Crippen LogP contribution in [0.25, 0.3) is 0 Å². The van der Waals surface area contributed by atoms with Crippen LogP contribution in [-0.2, 0) is 0 Å². The van der Waals surface area contributed by atoms with Gasteiger partial charge in [-0.15, -0.1) is 0 Å². The Morgan fingerprint density at radius 3 is 2.00 bits per heavy atom. The topological polar surface area (TPSA) is 47.3 Å². The van der Waals surface area contributed by atoms with Crippen molar-refractivity contribution < 1.29 is 4.74 Å². The first-order chi connectivity index (χ1) is 9.24. The zero-order chi connectivity index (χ0) is 13.7. The summed E-state index contributed by atoms with van der Waals surface area (Å²) in [6.45, 7) is 2.67. The van der Waals surface area contributed by atoms with Crippen LogP contribution in [0.15, 0.2) is 48.5 Å². The first-order valence-electron chi connectivity index (χ1n) is 6.50. The highest BCUT2D eigenvalue weighted by atomic mass is 16.5. The van der Waals surface area contributed by atoms with E-state index in [4.69, 9.17) is 10.5 Å². The van der Waals surface area contributed by atoms with Crippen molar-refractivity contribution in [2.24, 2.45) is 0 Å². The Morgan fingerprint density at radius 1 is 1.00 bits per heavy atom. The monoisotopic (exact) mass is 256 g/mol. The largest absolute Gasteiger partial charge is 0.494 e. The van der Waals surface area contributed by atoms with Crippen LogP contribution in [0.5, 0.6) is 5.75 Å². The highest BCUT2D eigenvalue weighted by Crippen LogP contribution is 2.24. The lowest BCUT2D eigenvalue weighted by molar-refractivity contribution is 0.340. The van der Waals surface area contributed by atoms with Gasteiger partial charge >= 0.3 is 0 Å². The summed E-state index contributed by atoms with van der Waals surface area (Å²) in [5.41, 5.74) is 8.91. The van der Waals surface area contributed by atoms with E-state index in [2.05, 4.69) is 17.4 Å². The number of rotatable bonds is 5. The maximum Gasteiger partial charge on any atom is 0.119 e. The van der Waals surface area contributed by atoms with Gasteiger partial charge in [0, 0.05) is 5.69 Å². The smallest absolute Gasteiger partial charge is 0.119 e. The van der Waals surface area contributed by atoms with Gasteiger partial charge in [0.25, 0.3) is 0 Å². The number of hydrogen-bond donors (Lipinski definition) is 2. The molecule has 0 amide bonds. The fourth-order valence-electron chi connectivity index (χ4n) is 2.14. The molecule has 0 aliphatic rings. The highest BCUT2D eigenvalue weighted by Gasteiger charge is 2.11. The highest BCUT2D eigenvalue weighted by molar-refractivity contribution is 5.43. The van der Waals surface area contributed by atoms with E-state index in [1.807, 2.05) is 50.4 Å². The Labute approximate surface area is 114 Å². The number of nitrogens with two attached hydrogens (primary N) is 1. The van der Waals surface area contributed by atoms with Crippen molar-refractivity contribution in [2.45, 2.75) is 13.0 Å². The van der Waals surface area contributed by atoms with Crippen molar-refractivity contribution in [3.8, 4) is 5.75 Å². The zero-order valence-corrected chi connectivity index (χ0v) is 11.4. The molecule has 0 fully saturated rings. The van der Waals surface area contributed by atoms with Gasteiger partial charge in [0.2, 0.25) is 0 Å². The molecule has 0 aromatic heterocycles. The van der Waals surface area contributed by atoms with Crippen LogP contribution < -0.4 is 15.8 Å². The van der Waals surface area contributed by atoms with E-state index < -0.39 is 0 Å². The van der Waals surface area contributed by atoms with E-state index >= 15 is 0 Å². The lowest BCUT2D eigenvalue weighted by atomic mass is 9.98. The lowest BCUT2D eigenvalue weighted by Gasteiger charge is -2.18. The third kappa shape index (κ3) is 3.26. The zero-order valence-electron chi connectivity index (χ0n) is 11.4. The molecule has 2 rings (SSSR count). The van der Waals surface area contributed by atoms with Crippen molar-refractivity contribution >= 4 is 5.69 Å². The van der Waals surface area contributed by atoms with Gasteiger partial charge in [-0.3, -0.25) is 0 Å². The molecule has 0 radical (unpaired) electrons. The molecule has 0 spiro atoms. The molecular formula is C16H20N2O. The first-order valence-corrected chi connectivity index (χ1v) is 6.50. The summed E-state index contributed by atoms with van der Waals surface area (Å²) >= 11 is 0. The average molecular weight is 256 g/mol. The minimum absolute atomic E-state index is 0.163. The Morgan fingerprint density at radius 2 is 1.53 bits per heavy atom. The minimum Gasteiger partial charge on any atom is -0.494 e. The number of nitrogen functional groups attached to an aromatic ring is 1. The van der Waals surface area contributed by atoms with Gasteiger partial charge in [0.15, 0.2) is 0 Å². The van der Waals surface area contributed by atoms with Crippen molar-refractivity contribution in [3.05, 3.63) is 59.7 Å². The normalized spacial score (nSPS) is 12.1. The average Bonchev–Trinajstić information content (AvgIpc) is 2.44. The van der Waals surface area contributed by atoms with Gasteiger partial charge in [0.1, 0.15) is 5.75 Å². The molecule has 3 heteroatoms. The number of ether oxygens (including phenoxy) is 1. The summed E-state index contributed by atoms with van der Waals surface area (Å²) < 4.78 is 5.46. The second-order valence-corrected chi connectivity index (χ2v) is 4.39. The van der Waals surface area contributed by atoms with Gasteiger partial charge in [-0.2, -0.15) is 0 Å². The van der Waals surface area contributed by atoms with E-state index in [0.29, 0.717) is 6.61 Å². The number of nitrogens with one attached hydrogen (secondary N) is 1. The van der Waals surface area contributed by atoms with Crippen LogP contribution in [0.4, 0.5) is 5.69 Å².